The molecule has 2 aromatic heterocycles. The summed E-state index contributed by atoms with van der Waals surface area (Å²) in [7, 11) is 1.53. The van der Waals surface area contributed by atoms with Gasteiger partial charge in [0.15, 0.2) is 0 Å². The molecule has 0 bridgehead atoms. The van der Waals surface area contributed by atoms with Crippen molar-refractivity contribution in [2.24, 2.45) is 0 Å². The molecule has 1 N–H and O–H groups in total. The molecule has 0 saturated carbocycles. The second-order valence-corrected chi connectivity index (χ2v) is 7.26. The van der Waals surface area contributed by atoms with Gasteiger partial charge in [0.1, 0.15) is 17.1 Å². The van der Waals surface area contributed by atoms with Crippen molar-refractivity contribution in [3.05, 3.63) is 58.3 Å². The number of anilines is 1. The lowest BCUT2D eigenvalue weighted by Gasteiger charge is -2.12. The third kappa shape index (κ3) is 3.46. The molecule has 0 fully saturated rings. The van der Waals surface area contributed by atoms with Crippen LogP contribution in [0.25, 0.3) is 15.5 Å². The van der Waals surface area contributed by atoms with Gasteiger partial charge in [-0.05, 0) is 36.4 Å². The van der Waals surface area contributed by atoms with E-state index in [4.69, 9.17) is 27.9 Å². The molecule has 0 unspecified atom stereocenters. The van der Waals surface area contributed by atoms with Gasteiger partial charge in [-0.2, -0.15) is 9.61 Å². The fraction of sp³-hybridized carbons (Fsp3) is 0.0588. The molecule has 2 aromatic carbocycles. The number of amides is 1. The first-order valence-electron chi connectivity index (χ1n) is 7.67. The zero-order valence-electron chi connectivity index (χ0n) is 13.8. The molecule has 0 saturated heterocycles. The van der Waals surface area contributed by atoms with E-state index in [2.05, 4.69) is 20.6 Å². The molecule has 4 aromatic rings. The molecule has 0 aliphatic heterocycles. The van der Waals surface area contributed by atoms with Crippen LogP contribution in [0, 0.1) is 0 Å². The minimum atomic E-state index is -0.370. The van der Waals surface area contributed by atoms with Crippen LogP contribution < -0.4 is 10.1 Å². The standard InChI is InChI=1S/C17H11Cl2N5O2S/c1-26-14-5-2-9(16-23-24-8-20-22-17(24)27-16)6-13(14)21-15(25)11-4-3-10(18)7-12(11)19/h2-8H,1H3,(H,21,25). The highest BCUT2D eigenvalue weighted by Crippen LogP contribution is 2.33. The predicted molar refractivity (Wildman–Crippen MR) is 105 cm³/mol. The van der Waals surface area contributed by atoms with E-state index in [1.165, 1.54) is 30.8 Å². The number of hydrogen-bond donors (Lipinski definition) is 1. The molecule has 0 aliphatic rings. The van der Waals surface area contributed by atoms with Gasteiger partial charge in [-0.15, -0.1) is 10.2 Å². The molecule has 4 rings (SSSR count). The molecular formula is C17H11Cl2N5O2S. The average Bonchev–Trinajstić information content (AvgIpc) is 3.23. The van der Waals surface area contributed by atoms with Gasteiger partial charge >= 0.3 is 0 Å². The number of rotatable bonds is 4. The Morgan fingerprint density at radius 1 is 1.22 bits per heavy atom. The van der Waals surface area contributed by atoms with Gasteiger partial charge in [0, 0.05) is 10.6 Å². The Bertz CT molecular complexity index is 1130. The van der Waals surface area contributed by atoms with Gasteiger partial charge < -0.3 is 10.1 Å². The third-order valence-electron chi connectivity index (χ3n) is 3.76. The Balaban J connectivity index is 1.68. The maximum atomic E-state index is 12.6. The first kappa shape index (κ1) is 17.7. The summed E-state index contributed by atoms with van der Waals surface area (Å²) in [4.78, 5) is 13.3. The highest BCUT2D eigenvalue weighted by molar-refractivity contribution is 7.19. The number of fused-ring (bicyclic) bond motifs is 1. The van der Waals surface area contributed by atoms with Crippen molar-refractivity contribution >= 4 is 51.1 Å². The second kappa shape index (κ2) is 7.15. The lowest BCUT2D eigenvalue weighted by Crippen LogP contribution is -2.13. The van der Waals surface area contributed by atoms with Crippen LogP contribution >= 0.6 is 34.5 Å². The fourth-order valence-electron chi connectivity index (χ4n) is 2.48. The van der Waals surface area contributed by atoms with Crippen LogP contribution in [0.1, 0.15) is 10.4 Å². The lowest BCUT2D eigenvalue weighted by atomic mass is 10.1. The molecule has 10 heteroatoms. The van der Waals surface area contributed by atoms with Gasteiger partial charge in [-0.1, -0.05) is 34.5 Å². The van der Waals surface area contributed by atoms with Crippen LogP contribution in [0.2, 0.25) is 10.0 Å². The molecule has 0 spiro atoms. The highest BCUT2D eigenvalue weighted by atomic mass is 35.5. The summed E-state index contributed by atoms with van der Waals surface area (Å²) < 4.78 is 6.95. The van der Waals surface area contributed by atoms with Gasteiger partial charge in [-0.3, -0.25) is 4.79 Å². The van der Waals surface area contributed by atoms with Crippen molar-refractivity contribution in [1.29, 1.82) is 0 Å². The molecule has 0 radical (unpaired) electrons. The number of carbonyl (C=O) groups is 1. The number of halogens is 2. The van der Waals surface area contributed by atoms with Gasteiger partial charge in [0.2, 0.25) is 4.96 Å². The van der Waals surface area contributed by atoms with Crippen LogP contribution in [0.3, 0.4) is 0 Å². The Kier molecular flexibility index (Phi) is 4.69. The zero-order chi connectivity index (χ0) is 19.0. The van der Waals surface area contributed by atoms with Crippen molar-refractivity contribution in [3.8, 4) is 16.3 Å². The maximum Gasteiger partial charge on any atom is 0.257 e. The Labute approximate surface area is 167 Å². The number of aromatic nitrogens is 4. The molecular weight excluding hydrogens is 409 g/mol. The smallest absolute Gasteiger partial charge is 0.257 e. The number of carbonyl (C=O) groups excluding carboxylic acids is 1. The van der Waals surface area contributed by atoms with E-state index < -0.39 is 0 Å². The number of ether oxygens (including phenoxy) is 1. The first-order valence-corrected chi connectivity index (χ1v) is 9.24. The van der Waals surface area contributed by atoms with Crippen molar-refractivity contribution in [2.45, 2.75) is 0 Å². The molecule has 27 heavy (non-hydrogen) atoms. The largest absolute Gasteiger partial charge is 0.495 e. The SMILES string of the molecule is COc1ccc(-c2nn3cnnc3s2)cc1NC(=O)c1ccc(Cl)cc1Cl. The van der Waals surface area contributed by atoms with Gasteiger partial charge in [-0.25, -0.2) is 0 Å². The Morgan fingerprint density at radius 2 is 2.07 bits per heavy atom. The van der Waals surface area contributed by atoms with Crippen molar-refractivity contribution < 1.29 is 9.53 Å². The summed E-state index contributed by atoms with van der Waals surface area (Å²) in [5.41, 5.74) is 1.62. The first-order chi connectivity index (χ1) is 13.0. The summed E-state index contributed by atoms with van der Waals surface area (Å²) in [6.07, 6.45) is 1.53. The molecule has 7 nitrogen and oxygen atoms in total. The van der Waals surface area contributed by atoms with Crippen LogP contribution in [-0.2, 0) is 0 Å². The minimum absolute atomic E-state index is 0.267. The second-order valence-electron chi connectivity index (χ2n) is 5.46. The summed E-state index contributed by atoms with van der Waals surface area (Å²) in [6, 6.07) is 10.1. The fourth-order valence-corrected chi connectivity index (χ4v) is 3.79. The summed E-state index contributed by atoms with van der Waals surface area (Å²) >= 11 is 13.4. The lowest BCUT2D eigenvalue weighted by molar-refractivity contribution is 0.102. The quantitative estimate of drug-likeness (QED) is 0.529. The number of nitrogens with zero attached hydrogens (tertiary/aromatic N) is 4. The molecule has 2 heterocycles. The summed E-state index contributed by atoms with van der Waals surface area (Å²) in [6.45, 7) is 0. The number of nitrogens with one attached hydrogen (secondary N) is 1. The van der Waals surface area contributed by atoms with E-state index >= 15 is 0 Å². The maximum absolute atomic E-state index is 12.6. The van der Waals surface area contributed by atoms with E-state index in [1.807, 2.05) is 6.07 Å². The monoisotopic (exact) mass is 419 g/mol. The van der Waals surface area contributed by atoms with Gasteiger partial charge in [0.25, 0.3) is 5.91 Å². The average molecular weight is 420 g/mol. The third-order valence-corrected chi connectivity index (χ3v) is 5.27. The van der Waals surface area contributed by atoms with Crippen molar-refractivity contribution in [2.75, 3.05) is 12.4 Å². The van der Waals surface area contributed by atoms with Crippen LogP contribution in [-0.4, -0.2) is 32.8 Å². The Hall–Kier alpha value is -2.68. The zero-order valence-corrected chi connectivity index (χ0v) is 16.1. The molecule has 0 aliphatic carbocycles. The molecule has 0 atom stereocenters. The van der Waals surface area contributed by atoms with Crippen molar-refractivity contribution in [3.63, 3.8) is 0 Å². The minimum Gasteiger partial charge on any atom is -0.495 e. The molecule has 1 amide bonds. The van der Waals surface area contributed by atoms with E-state index in [-0.39, 0.29) is 10.9 Å². The summed E-state index contributed by atoms with van der Waals surface area (Å²) in [5.74, 6) is 0.144. The van der Waals surface area contributed by atoms with E-state index in [0.717, 1.165) is 10.6 Å². The van der Waals surface area contributed by atoms with Crippen LogP contribution in [0.5, 0.6) is 5.75 Å². The van der Waals surface area contributed by atoms with E-state index in [9.17, 15) is 4.79 Å². The van der Waals surface area contributed by atoms with E-state index in [1.54, 1.807) is 28.8 Å². The summed E-state index contributed by atoms with van der Waals surface area (Å²) in [5, 5.41) is 16.5. The number of benzene rings is 2. The van der Waals surface area contributed by atoms with Crippen LogP contribution in [0.4, 0.5) is 5.69 Å². The topological polar surface area (TPSA) is 81.4 Å². The predicted octanol–water partition coefficient (Wildman–Crippen LogP) is 4.42. The highest BCUT2D eigenvalue weighted by Gasteiger charge is 2.16. The van der Waals surface area contributed by atoms with Crippen LogP contribution in [0.15, 0.2) is 42.7 Å². The molecule has 136 valence electrons. The Morgan fingerprint density at radius 3 is 2.81 bits per heavy atom. The number of methoxy groups -OCH3 is 1. The van der Waals surface area contributed by atoms with Crippen molar-refractivity contribution in [1.82, 2.24) is 19.8 Å². The van der Waals surface area contributed by atoms with E-state index in [0.29, 0.717) is 27.0 Å². The normalized spacial score (nSPS) is 10.9. The van der Waals surface area contributed by atoms with Gasteiger partial charge in [0.05, 0.1) is 23.4 Å². The number of hydrogen-bond acceptors (Lipinski definition) is 6.